The number of amides is 1. The third kappa shape index (κ3) is 3.44. The normalized spacial score (nSPS) is 11.2. The zero-order valence-corrected chi connectivity index (χ0v) is 16.9. The molecule has 5 rings (SSSR count). The van der Waals surface area contributed by atoms with Crippen molar-refractivity contribution in [2.24, 2.45) is 0 Å². The number of fused-ring (bicyclic) bond motifs is 5. The maximum Gasteiger partial charge on any atom is 0.292 e. The van der Waals surface area contributed by atoms with Gasteiger partial charge in [-0.3, -0.25) is 19.3 Å². The topological polar surface area (TPSA) is 102 Å². The van der Waals surface area contributed by atoms with E-state index in [1.807, 2.05) is 52.9 Å². The van der Waals surface area contributed by atoms with E-state index in [1.165, 1.54) is 23.9 Å². The predicted molar refractivity (Wildman–Crippen MR) is 120 cm³/mol. The number of hydrogen-bond acceptors (Lipinski definition) is 6. The van der Waals surface area contributed by atoms with Gasteiger partial charge in [0.1, 0.15) is 11.3 Å². The summed E-state index contributed by atoms with van der Waals surface area (Å²) in [5.41, 5.74) is 3.32. The van der Waals surface area contributed by atoms with Crippen LogP contribution in [0.5, 0.6) is 0 Å². The quantitative estimate of drug-likeness (QED) is 0.188. The summed E-state index contributed by atoms with van der Waals surface area (Å²) in [6.45, 7) is 0. The smallest absolute Gasteiger partial charge is 0.292 e. The summed E-state index contributed by atoms with van der Waals surface area (Å²) in [5, 5.41) is 15.4. The Morgan fingerprint density at radius 3 is 2.52 bits per heavy atom. The molecule has 1 amide bonds. The lowest BCUT2D eigenvalue weighted by atomic mass is 10.2. The van der Waals surface area contributed by atoms with Gasteiger partial charge < -0.3 is 5.32 Å². The molecule has 1 N–H and O–H groups in total. The number of nitrogens with zero attached hydrogens (tertiary/aromatic N) is 4. The highest BCUT2D eigenvalue weighted by Crippen LogP contribution is 2.29. The van der Waals surface area contributed by atoms with Crippen molar-refractivity contribution in [3.63, 3.8) is 0 Å². The fourth-order valence-corrected chi connectivity index (χ4v) is 4.27. The van der Waals surface area contributed by atoms with Gasteiger partial charge in [-0.05, 0) is 30.3 Å². The van der Waals surface area contributed by atoms with Gasteiger partial charge in [0.15, 0.2) is 5.16 Å². The van der Waals surface area contributed by atoms with Crippen LogP contribution in [0.2, 0.25) is 0 Å². The molecule has 0 fully saturated rings. The number of rotatable bonds is 5. The zero-order valence-electron chi connectivity index (χ0n) is 16.1. The van der Waals surface area contributed by atoms with Crippen molar-refractivity contribution in [2.75, 3.05) is 11.1 Å². The van der Waals surface area contributed by atoms with E-state index >= 15 is 0 Å². The van der Waals surface area contributed by atoms with E-state index < -0.39 is 4.92 Å². The van der Waals surface area contributed by atoms with Crippen LogP contribution in [0.4, 0.5) is 11.4 Å². The van der Waals surface area contributed by atoms with Crippen LogP contribution in [0.3, 0.4) is 0 Å². The van der Waals surface area contributed by atoms with E-state index in [-0.39, 0.29) is 23.0 Å². The number of imidazole rings is 1. The van der Waals surface area contributed by atoms with Crippen LogP contribution < -0.4 is 5.32 Å². The molecule has 0 aliphatic heterocycles. The second kappa shape index (κ2) is 7.69. The molecule has 2 aromatic heterocycles. The van der Waals surface area contributed by atoms with Gasteiger partial charge >= 0.3 is 0 Å². The maximum absolute atomic E-state index is 12.6. The molecule has 0 unspecified atom stereocenters. The highest BCUT2D eigenvalue weighted by atomic mass is 32.2. The van der Waals surface area contributed by atoms with Gasteiger partial charge in [0, 0.05) is 11.5 Å². The molecule has 152 valence electrons. The molecule has 0 saturated heterocycles. The third-order valence-electron chi connectivity index (χ3n) is 4.82. The van der Waals surface area contributed by atoms with E-state index in [9.17, 15) is 14.9 Å². The molecule has 0 aliphatic rings. The Morgan fingerprint density at radius 2 is 1.68 bits per heavy atom. The summed E-state index contributed by atoms with van der Waals surface area (Å²) >= 11 is 1.26. The van der Waals surface area contributed by atoms with Gasteiger partial charge in [-0.1, -0.05) is 48.2 Å². The summed E-state index contributed by atoms with van der Waals surface area (Å²) < 4.78 is 1.95. The van der Waals surface area contributed by atoms with Gasteiger partial charge in [-0.15, -0.1) is 0 Å². The Bertz CT molecular complexity index is 1480. The van der Waals surface area contributed by atoms with Gasteiger partial charge in [0.25, 0.3) is 5.69 Å². The number of nitro benzene ring substituents is 1. The van der Waals surface area contributed by atoms with E-state index in [2.05, 4.69) is 5.32 Å². The second-order valence-electron chi connectivity index (χ2n) is 6.78. The minimum absolute atomic E-state index is 0.0407. The summed E-state index contributed by atoms with van der Waals surface area (Å²) in [6.07, 6.45) is 0. The zero-order chi connectivity index (χ0) is 21.4. The molecular formula is C22H15N5O3S. The third-order valence-corrected chi connectivity index (χ3v) is 5.76. The Balaban J connectivity index is 1.50. The first-order valence-electron chi connectivity index (χ1n) is 9.44. The molecule has 2 heterocycles. The van der Waals surface area contributed by atoms with Gasteiger partial charge in [0.2, 0.25) is 5.91 Å². The van der Waals surface area contributed by atoms with Crippen molar-refractivity contribution in [1.29, 1.82) is 0 Å². The van der Waals surface area contributed by atoms with E-state index in [4.69, 9.17) is 9.97 Å². The molecule has 0 radical (unpaired) electrons. The largest absolute Gasteiger partial charge is 0.320 e. The molecule has 31 heavy (non-hydrogen) atoms. The van der Waals surface area contributed by atoms with Crippen LogP contribution in [0.15, 0.2) is 78.0 Å². The van der Waals surface area contributed by atoms with Gasteiger partial charge in [-0.25, -0.2) is 9.97 Å². The molecule has 3 aromatic carbocycles. The van der Waals surface area contributed by atoms with Crippen molar-refractivity contribution in [1.82, 2.24) is 14.4 Å². The lowest BCUT2D eigenvalue weighted by Crippen LogP contribution is -2.15. The molecule has 5 aromatic rings. The summed E-state index contributed by atoms with van der Waals surface area (Å²) in [6, 6.07) is 21.6. The first-order valence-corrected chi connectivity index (χ1v) is 10.4. The lowest BCUT2D eigenvalue weighted by Gasteiger charge is -2.09. The summed E-state index contributed by atoms with van der Waals surface area (Å²) in [5.74, 6) is -0.314. The van der Waals surface area contributed by atoms with Crippen LogP contribution in [0.25, 0.3) is 27.6 Å². The minimum atomic E-state index is -0.519. The highest BCUT2D eigenvalue weighted by Gasteiger charge is 2.17. The van der Waals surface area contributed by atoms with Crippen LogP contribution in [0, 0.1) is 10.1 Å². The molecule has 0 spiro atoms. The highest BCUT2D eigenvalue weighted by molar-refractivity contribution is 7.99. The first kappa shape index (κ1) is 19.0. The Hall–Kier alpha value is -3.98. The average Bonchev–Trinajstić information content (AvgIpc) is 3.18. The van der Waals surface area contributed by atoms with E-state index in [0.29, 0.717) is 5.16 Å². The molecule has 0 aliphatic carbocycles. The summed E-state index contributed by atoms with van der Waals surface area (Å²) in [7, 11) is 0. The number of anilines is 1. The van der Waals surface area contributed by atoms with Gasteiger partial charge in [-0.2, -0.15) is 0 Å². The predicted octanol–water partition coefficient (Wildman–Crippen LogP) is 4.67. The number of carbonyl (C=O) groups is 1. The number of benzene rings is 3. The SMILES string of the molecule is O=C(CSc1nc2ccccc2c2nc3ccccc3n12)Nc1ccccc1[N+](=O)[O-]. The number of para-hydroxylation sites is 5. The Kier molecular flexibility index (Phi) is 4.72. The number of hydrogen-bond donors (Lipinski definition) is 1. The van der Waals surface area contributed by atoms with E-state index in [0.717, 1.165) is 27.6 Å². The average molecular weight is 429 g/mol. The van der Waals surface area contributed by atoms with Crippen molar-refractivity contribution in [3.05, 3.63) is 82.9 Å². The fraction of sp³-hybridized carbons (Fsp3) is 0.0455. The van der Waals surface area contributed by atoms with Crippen LogP contribution in [0.1, 0.15) is 0 Å². The van der Waals surface area contributed by atoms with Crippen molar-refractivity contribution >= 4 is 56.6 Å². The number of thioether (sulfide) groups is 1. The maximum atomic E-state index is 12.6. The fourth-order valence-electron chi connectivity index (χ4n) is 3.47. The number of nitro groups is 1. The van der Waals surface area contributed by atoms with Gasteiger partial charge in [0.05, 0.1) is 27.2 Å². The van der Waals surface area contributed by atoms with Crippen molar-refractivity contribution in [2.45, 2.75) is 5.16 Å². The molecule has 9 heteroatoms. The van der Waals surface area contributed by atoms with Crippen molar-refractivity contribution < 1.29 is 9.72 Å². The van der Waals surface area contributed by atoms with Crippen molar-refractivity contribution in [3.8, 4) is 0 Å². The number of carbonyl (C=O) groups excluding carboxylic acids is 1. The molecular weight excluding hydrogens is 414 g/mol. The molecule has 0 saturated carbocycles. The van der Waals surface area contributed by atoms with Crippen LogP contribution in [-0.4, -0.2) is 31.0 Å². The number of aromatic nitrogens is 3. The Morgan fingerprint density at radius 1 is 0.968 bits per heavy atom. The summed E-state index contributed by atoms with van der Waals surface area (Å²) in [4.78, 5) is 32.7. The molecule has 0 bridgehead atoms. The first-order chi connectivity index (χ1) is 15.1. The Labute approximate surface area is 180 Å². The van der Waals surface area contributed by atoms with E-state index in [1.54, 1.807) is 12.1 Å². The molecule has 8 nitrogen and oxygen atoms in total. The lowest BCUT2D eigenvalue weighted by molar-refractivity contribution is -0.383. The number of nitrogens with one attached hydrogen (secondary N) is 1. The minimum Gasteiger partial charge on any atom is -0.320 e. The second-order valence-corrected chi connectivity index (χ2v) is 7.72. The standard InChI is InChI=1S/C22H15N5O3S/c28-20(23-17-10-4-6-12-19(17)27(29)30)13-31-22-25-15-8-2-1-7-14(15)21-24-16-9-3-5-11-18(16)26(21)22/h1-12H,13H2,(H,23,28). The molecule has 0 atom stereocenters. The monoisotopic (exact) mass is 429 g/mol. The van der Waals surface area contributed by atoms with Crippen LogP contribution in [-0.2, 0) is 4.79 Å². The van der Waals surface area contributed by atoms with Crippen LogP contribution >= 0.6 is 11.8 Å².